The van der Waals surface area contributed by atoms with Gasteiger partial charge in [0.2, 0.25) is 5.91 Å². The number of aromatic nitrogens is 2. The molecule has 3 rings (SSSR count). The quantitative estimate of drug-likeness (QED) is 0.629. The average Bonchev–Trinajstić information content (AvgIpc) is 3.26. The van der Waals surface area contributed by atoms with E-state index in [4.69, 9.17) is 0 Å². The number of Topliss-reactive ketones (excluding diaryl/α,β-unsaturated/α-hetero) is 1. The van der Waals surface area contributed by atoms with Crippen LogP contribution in [0.4, 0.5) is 4.39 Å². The molecule has 0 saturated heterocycles. The van der Waals surface area contributed by atoms with Crippen LogP contribution in [-0.4, -0.2) is 21.2 Å². The summed E-state index contributed by atoms with van der Waals surface area (Å²) in [5.41, 5.74) is 0.595. The Kier molecular flexibility index (Phi) is 5.81. The average molecular weight is 385 g/mol. The third-order valence-electron chi connectivity index (χ3n) is 4.20. The highest BCUT2D eigenvalue weighted by Crippen LogP contribution is 2.22. The molecular formula is C20H20FN3O2S. The van der Waals surface area contributed by atoms with Crippen molar-refractivity contribution in [3.8, 4) is 0 Å². The Labute approximate surface area is 160 Å². The number of rotatable bonds is 7. The van der Waals surface area contributed by atoms with Gasteiger partial charge >= 0.3 is 0 Å². The van der Waals surface area contributed by atoms with Crippen molar-refractivity contribution in [3.05, 3.63) is 75.8 Å². The molecule has 1 amide bonds. The summed E-state index contributed by atoms with van der Waals surface area (Å²) in [6.07, 6.45) is 3.57. The molecule has 0 saturated carbocycles. The van der Waals surface area contributed by atoms with Gasteiger partial charge in [-0.05, 0) is 36.8 Å². The van der Waals surface area contributed by atoms with E-state index in [0.717, 1.165) is 4.88 Å². The number of hydrogen-bond donors (Lipinski definition) is 1. The van der Waals surface area contributed by atoms with Crippen LogP contribution in [0.15, 0.2) is 48.8 Å². The fourth-order valence-corrected chi connectivity index (χ4v) is 3.64. The van der Waals surface area contributed by atoms with E-state index in [9.17, 15) is 14.0 Å². The number of halogens is 1. The zero-order valence-electron chi connectivity index (χ0n) is 15.1. The van der Waals surface area contributed by atoms with E-state index >= 15 is 0 Å². The van der Waals surface area contributed by atoms with Crippen LogP contribution >= 0.6 is 11.3 Å². The number of aryl methyl sites for hydroxylation is 2. The second-order valence-electron chi connectivity index (χ2n) is 6.29. The minimum absolute atomic E-state index is 0.0532. The van der Waals surface area contributed by atoms with Gasteiger partial charge in [-0.15, -0.1) is 11.3 Å². The monoisotopic (exact) mass is 385 g/mol. The first-order valence-corrected chi connectivity index (χ1v) is 9.37. The Morgan fingerprint density at radius 1 is 1.26 bits per heavy atom. The van der Waals surface area contributed by atoms with Gasteiger partial charge in [-0.25, -0.2) is 9.37 Å². The number of imidazole rings is 1. The Balaban J connectivity index is 1.71. The summed E-state index contributed by atoms with van der Waals surface area (Å²) < 4.78 is 15.4. The second-order valence-corrected chi connectivity index (χ2v) is 7.57. The topological polar surface area (TPSA) is 64.0 Å². The fraction of sp³-hybridized carbons (Fsp3) is 0.250. The van der Waals surface area contributed by atoms with E-state index in [2.05, 4.69) is 10.3 Å². The number of benzene rings is 1. The van der Waals surface area contributed by atoms with Crippen LogP contribution < -0.4 is 5.32 Å². The highest BCUT2D eigenvalue weighted by atomic mass is 32.1. The summed E-state index contributed by atoms with van der Waals surface area (Å²) in [6, 6.07) is 9.13. The number of thiophene rings is 1. The summed E-state index contributed by atoms with van der Waals surface area (Å²) in [4.78, 5) is 30.7. The maximum absolute atomic E-state index is 13.7. The van der Waals surface area contributed by atoms with E-state index in [1.165, 1.54) is 23.5 Å². The first-order valence-electron chi connectivity index (χ1n) is 8.55. The number of ketones is 1. The molecule has 1 aromatic carbocycles. The summed E-state index contributed by atoms with van der Waals surface area (Å²) in [5.74, 6) is -0.130. The predicted octanol–water partition coefficient (Wildman–Crippen LogP) is 3.80. The van der Waals surface area contributed by atoms with E-state index < -0.39 is 6.04 Å². The van der Waals surface area contributed by atoms with E-state index in [0.29, 0.717) is 16.3 Å². The lowest BCUT2D eigenvalue weighted by molar-refractivity contribution is -0.121. The highest BCUT2D eigenvalue weighted by Gasteiger charge is 2.21. The van der Waals surface area contributed by atoms with Crippen LogP contribution in [0, 0.1) is 12.7 Å². The van der Waals surface area contributed by atoms with Crippen LogP contribution in [0.5, 0.6) is 0 Å². The predicted molar refractivity (Wildman–Crippen MR) is 102 cm³/mol. The van der Waals surface area contributed by atoms with Gasteiger partial charge in [0.05, 0.1) is 4.88 Å². The molecule has 2 heterocycles. The molecule has 0 radical (unpaired) electrons. The van der Waals surface area contributed by atoms with Crippen molar-refractivity contribution in [1.29, 1.82) is 0 Å². The van der Waals surface area contributed by atoms with Gasteiger partial charge in [0, 0.05) is 37.2 Å². The van der Waals surface area contributed by atoms with Gasteiger partial charge in [-0.2, -0.15) is 0 Å². The standard InChI is InChI=1S/C20H20FN3O2S/c1-13-6-8-17(27-13)16(25)7-9-18(26)23-19(20-22-10-11-24(20)2)14-4-3-5-15(21)12-14/h3-6,8,10-12,19H,7,9H2,1-2H3,(H,23,26). The molecule has 1 atom stereocenters. The molecule has 0 bridgehead atoms. The normalized spacial score (nSPS) is 12.0. The molecule has 140 valence electrons. The van der Waals surface area contributed by atoms with E-state index in [1.54, 1.807) is 35.2 Å². The molecular weight excluding hydrogens is 365 g/mol. The van der Waals surface area contributed by atoms with Crippen molar-refractivity contribution in [2.45, 2.75) is 25.8 Å². The number of carbonyl (C=O) groups excluding carboxylic acids is 2. The first-order chi connectivity index (χ1) is 12.9. The Morgan fingerprint density at radius 2 is 2.07 bits per heavy atom. The fourth-order valence-electron chi connectivity index (χ4n) is 2.81. The molecule has 3 aromatic rings. The van der Waals surface area contributed by atoms with Gasteiger partial charge in [0.15, 0.2) is 5.78 Å². The summed E-state index contributed by atoms with van der Waals surface area (Å²) >= 11 is 1.42. The lowest BCUT2D eigenvalue weighted by Crippen LogP contribution is -2.31. The molecule has 0 fully saturated rings. The van der Waals surface area contributed by atoms with E-state index in [-0.39, 0.29) is 30.3 Å². The van der Waals surface area contributed by atoms with Crippen molar-refractivity contribution in [3.63, 3.8) is 0 Å². The maximum atomic E-state index is 13.7. The Bertz CT molecular complexity index is 964. The summed E-state index contributed by atoms with van der Waals surface area (Å²) in [5, 5.41) is 2.88. The number of nitrogens with zero attached hydrogens (tertiary/aromatic N) is 2. The molecule has 0 spiro atoms. The molecule has 0 aliphatic rings. The zero-order chi connectivity index (χ0) is 19.4. The molecule has 2 aromatic heterocycles. The van der Waals surface area contributed by atoms with Crippen molar-refractivity contribution in [1.82, 2.24) is 14.9 Å². The number of carbonyl (C=O) groups is 2. The van der Waals surface area contributed by atoms with Crippen LogP contribution in [0.3, 0.4) is 0 Å². The van der Waals surface area contributed by atoms with Gasteiger partial charge in [-0.3, -0.25) is 9.59 Å². The third-order valence-corrected chi connectivity index (χ3v) is 5.24. The molecule has 1 unspecified atom stereocenters. The molecule has 1 N–H and O–H groups in total. The maximum Gasteiger partial charge on any atom is 0.221 e. The van der Waals surface area contributed by atoms with Crippen molar-refractivity contribution in [2.75, 3.05) is 0 Å². The lowest BCUT2D eigenvalue weighted by Gasteiger charge is -2.19. The minimum Gasteiger partial charge on any atom is -0.342 e. The Hall–Kier alpha value is -2.80. The molecule has 7 heteroatoms. The number of hydrogen-bond acceptors (Lipinski definition) is 4. The molecule has 27 heavy (non-hydrogen) atoms. The summed E-state index contributed by atoms with van der Waals surface area (Å²) in [6.45, 7) is 1.94. The lowest BCUT2D eigenvalue weighted by atomic mass is 10.1. The Morgan fingerprint density at radius 3 is 2.70 bits per heavy atom. The molecule has 5 nitrogen and oxygen atoms in total. The van der Waals surface area contributed by atoms with Crippen molar-refractivity contribution < 1.29 is 14.0 Å². The SMILES string of the molecule is Cc1ccc(C(=O)CCC(=O)NC(c2cccc(F)c2)c2nccn2C)s1. The highest BCUT2D eigenvalue weighted by molar-refractivity contribution is 7.14. The van der Waals surface area contributed by atoms with Crippen LogP contribution in [0.25, 0.3) is 0 Å². The van der Waals surface area contributed by atoms with Crippen LogP contribution in [-0.2, 0) is 11.8 Å². The largest absolute Gasteiger partial charge is 0.342 e. The smallest absolute Gasteiger partial charge is 0.221 e. The minimum atomic E-state index is -0.590. The van der Waals surface area contributed by atoms with Gasteiger partial charge in [0.25, 0.3) is 0 Å². The zero-order valence-corrected chi connectivity index (χ0v) is 15.9. The summed E-state index contributed by atoms with van der Waals surface area (Å²) in [7, 11) is 1.81. The van der Waals surface area contributed by atoms with Crippen LogP contribution in [0.2, 0.25) is 0 Å². The molecule has 0 aliphatic heterocycles. The van der Waals surface area contributed by atoms with Gasteiger partial charge in [0.1, 0.15) is 17.7 Å². The number of amides is 1. The van der Waals surface area contributed by atoms with Crippen LogP contribution in [0.1, 0.15) is 44.8 Å². The third kappa shape index (κ3) is 4.68. The van der Waals surface area contributed by atoms with Gasteiger partial charge < -0.3 is 9.88 Å². The van der Waals surface area contributed by atoms with E-state index in [1.807, 2.05) is 20.0 Å². The molecule has 0 aliphatic carbocycles. The van der Waals surface area contributed by atoms with Crippen molar-refractivity contribution >= 4 is 23.0 Å². The van der Waals surface area contributed by atoms with Crippen molar-refractivity contribution in [2.24, 2.45) is 7.05 Å². The van der Waals surface area contributed by atoms with Gasteiger partial charge in [-0.1, -0.05) is 12.1 Å². The second kappa shape index (κ2) is 8.26. The number of nitrogens with one attached hydrogen (secondary N) is 1. The first kappa shape index (κ1) is 19.0.